The van der Waals surface area contributed by atoms with E-state index in [1.807, 2.05) is 0 Å². The van der Waals surface area contributed by atoms with Crippen molar-refractivity contribution in [1.82, 2.24) is 15.2 Å². The summed E-state index contributed by atoms with van der Waals surface area (Å²) in [7, 11) is 4.55. The molecule has 4 rings (SSSR count). The molecule has 3 aromatic rings. The van der Waals surface area contributed by atoms with Crippen molar-refractivity contribution < 1.29 is 50.4 Å². The average molecular weight is 553 g/mol. The van der Waals surface area contributed by atoms with E-state index >= 15 is 0 Å². The van der Waals surface area contributed by atoms with Gasteiger partial charge in [-0.05, 0) is 18.2 Å². The maximum absolute atomic E-state index is 13.1. The second kappa shape index (κ2) is 11.9. The SMILES string of the molecule is CC1=[N+](CC(=O)N(C)C)C(=O)c2oc3cc(C(F)(F)F)cnc3c2OC1.COc1cccc(F)c1CNC=O. The third-order valence-electron chi connectivity index (χ3n) is 5.59. The Kier molecular flexibility index (Phi) is 8.89. The predicted octanol–water partition coefficient (Wildman–Crippen LogP) is 3.02. The minimum atomic E-state index is -4.59. The Labute approximate surface area is 219 Å². The Bertz CT molecular complexity index is 1430. The molecule has 2 aromatic heterocycles. The van der Waals surface area contributed by atoms with Gasteiger partial charge in [0.1, 0.15) is 11.6 Å². The monoisotopic (exact) mass is 553 g/mol. The fraction of sp³-hybridized carbons (Fsp3) is 0.320. The smallest absolute Gasteiger partial charge is 0.459 e. The van der Waals surface area contributed by atoms with Gasteiger partial charge >= 0.3 is 12.1 Å². The first-order valence-corrected chi connectivity index (χ1v) is 11.3. The van der Waals surface area contributed by atoms with Crippen LogP contribution in [0.4, 0.5) is 17.6 Å². The molecular weight excluding hydrogens is 528 g/mol. The van der Waals surface area contributed by atoms with Gasteiger partial charge in [0.2, 0.25) is 18.7 Å². The van der Waals surface area contributed by atoms with Gasteiger partial charge in [-0.1, -0.05) is 6.07 Å². The van der Waals surface area contributed by atoms with Gasteiger partial charge < -0.3 is 24.1 Å². The summed E-state index contributed by atoms with van der Waals surface area (Å²) in [6.45, 7) is 1.49. The molecule has 0 spiro atoms. The minimum absolute atomic E-state index is 0.0231. The van der Waals surface area contributed by atoms with Gasteiger partial charge in [0.15, 0.2) is 23.4 Å². The molecule has 0 radical (unpaired) electrons. The van der Waals surface area contributed by atoms with Crippen LogP contribution in [-0.4, -0.2) is 72.8 Å². The number of rotatable bonds is 6. The number of amides is 3. The molecule has 1 aromatic carbocycles. The number of likely N-dealkylation sites (N-methyl/N-ethyl adjacent to an activating group) is 1. The number of halogens is 4. The molecule has 0 fully saturated rings. The van der Waals surface area contributed by atoms with Gasteiger partial charge in [-0.15, -0.1) is 4.58 Å². The van der Waals surface area contributed by atoms with E-state index in [0.29, 0.717) is 29.6 Å². The topological polar surface area (TPSA) is 114 Å². The molecule has 0 saturated carbocycles. The van der Waals surface area contributed by atoms with Crippen LogP contribution < -0.4 is 14.8 Å². The van der Waals surface area contributed by atoms with Crippen molar-refractivity contribution in [3.8, 4) is 11.5 Å². The molecule has 208 valence electrons. The number of furan rings is 1. The first-order chi connectivity index (χ1) is 18.4. The van der Waals surface area contributed by atoms with Crippen molar-refractivity contribution in [3.63, 3.8) is 0 Å². The molecule has 14 heteroatoms. The molecule has 0 saturated heterocycles. The summed E-state index contributed by atoms with van der Waals surface area (Å²) in [5, 5.41) is 2.38. The summed E-state index contributed by atoms with van der Waals surface area (Å²) in [4.78, 5) is 39.8. The Morgan fingerprint density at radius 2 is 2.03 bits per heavy atom. The molecule has 3 heterocycles. The van der Waals surface area contributed by atoms with Crippen LogP contribution in [0, 0.1) is 5.82 Å². The van der Waals surface area contributed by atoms with E-state index in [2.05, 4.69) is 10.3 Å². The van der Waals surface area contributed by atoms with E-state index in [1.165, 1.54) is 22.7 Å². The summed E-state index contributed by atoms with van der Waals surface area (Å²) >= 11 is 0. The van der Waals surface area contributed by atoms with Crippen LogP contribution in [0.3, 0.4) is 0 Å². The van der Waals surface area contributed by atoms with Crippen molar-refractivity contribution in [2.24, 2.45) is 0 Å². The maximum Gasteiger partial charge on any atom is 0.459 e. The van der Waals surface area contributed by atoms with Crippen LogP contribution in [0.1, 0.15) is 28.6 Å². The largest absolute Gasteiger partial charge is 0.496 e. The molecule has 3 amide bonds. The van der Waals surface area contributed by atoms with E-state index < -0.39 is 17.6 Å². The van der Waals surface area contributed by atoms with Crippen LogP contribution in [0.2, 0.25) is 0 Å². The van der Waals surface area contributed by atoms with Crippen LogP contribution in [-0.2, 0) is 22.3 Å². The maximum atomic E-state index is 13.1. The van der Waals surface area contributed by atoms with Crippen molar-refractivity contribution in [1.29, 1.82) is 0 Å². The summed E-state index contributed by atoms with van der Waals surface area (Å²) < 4.78 is 68.6. The lowest BCUT2D eigenvalue weighted by Crippen LogP contribution is -2.37. The highest BCUT2D eigenvalue weighted by Crippen LogP contribution is 2.37. The number of ether oxygens (including phenoxy) is 2. The number of hydrogen-bond donors (Lipinski definition) is 1. The summed E-state index contributed by atoms with van der Waals surface area (Å²) in [6.07, 6.45) is -3.42. The van der Waals surface area contributed by atoms with Gasteiger partial charge in [-0.3, -0.25) is 9.59 Å². The van der Waals surface area contributed by atoms with Crippen LogP contribution in [0.25, 0.3) is 11.1 Å². The lowest BCUT2D eigenvalue weighted by atomic mass is 10.2. The van der Waals surface area contributed by atoms with E-state index in [-0.39, 0.29) is 54.0 Å². The highest BCUT2D eigenvalue weighted by Gasteiger charge is 2.39. The number of hydrogen-bond acceptors (Lipinski definition) is 7. The summed E-state index contributed by atoms with van der Waals surface area (Å²) in [6, 6.07) is 5.28. The zero-order valence-corrected chi connectivity index (χ0v) is 21.4. The van der Waals surface area contributed by atoms with Gasteiger partial charge in [0, 0.05) is 39.3 Å². The second-order valence-electron chi connectivity index (χ2n) is 8.45. The lowest BCUT2D eigenvalue weighted by molar-refractivity contribution is -0.420. The van der Waals surface area contributed by atoms with Crippen molar-refractivity contribution in [2.75, 3.05) is 34.4 Å². The fourth-order valence-corrected chi connectivity index (χ4v) is 3.47. The van der Waals surface area contributed by atoms with Crippen molar-refractivity contribution in [2.45, 2.75) is 19.6 Å². The van der Waals surface area contributed by atoms with Gasteiger partial charge in [0.05, 0.1) is 12.7 Å². The Hall–Kier alpha value is -4.49. The first-order valence-electron chi connectivity index (χ1n) is 11.3. The number of nitrogens with one attached hydrogen (secondary N) is 1. The number of fused-ring (bicyclic) bond motifs is 3. The Morgan fingerprint density at radius 1 is 1.31 bits per heavy atom. The Morgan fingerprint density at radius 3 is 2.64 bits per heavy atom. The van der Waals surface area contributed by atoms with E-state index in [1.54, 1.807) is 33.2 Å². The predicted molar refractivity (Wildman–Crippen MR) is 129 cm³/mol. The molecular formula is C25H25F4N4O6+. The highest BCUT2D eigenvalue weighted by atomic mass is 19.4. The molecule has 0 unspecified atom stereocenters. The number of nitrogens with zero attached hydrogens (tertiary/aromatic N) is 3. The van der Waals surface area contributed by atoms with E-state index in [0.717, 1.165) is 6.07 Å². The summed E-state index contributed by atoms with van der Waals surface area (Å²) in [5.41, 5.74) is -0.357. The van der Waals surface area contributed by atoms with Gasteiger partial charge in [-0.2, -0.15) is 13.2 Å². The molecule has 1 aliphatic rings. The van der Waals surface area contributed by atoms with Crippen molar-refractivity contribution in [3.05, 3.63) is 53.2 Å². The van der Waals surface area contributed by atoms with Crippen LogP contribution >= 0.6 is 0 Å². The number of aromatic nitrogens is 1. The third kappa shape index (κ3) is 6.51. The molecule has 0 atom stereocenters. The quantitative estimate of drug-likeness (QED) is 0.284. The normalized spacial score (nSPS) is 13.1. The number of carbonyl (C=O) groups excluding carboxylic acids is 3. The summed E-state index contributed by atoms with van der Waals surface area (Å²) in [5.74, 6) is -1.25. The van der Waals surface area contributed by atoms with Crippen molar-refractivity contribution >= 4 is 35.0 Å². The zero-order valence-electron chi connectivity index (χ0n) is 21.4. The number of pyridine rings is 1. The van der Waals surface area contributed by atoms with Gasteiger partial charge in [-0.25, -0.2) is 14.2 Å². The van der Waals surface area contributed by atoms with Crippen LogP contribution in [0.15, 0.2) is 34.9 Å². The number of methoxy groups -OCH3 is 1. The van der Waals surface area contributed by atoms with E-state index in [9.17, 15) is 31.9 Å². The molecule has 0 aliphatic carbocycles. The fourth-order valence-electron chi connectivity index (χ4n) is 3.47. The number of carbonyl (C=O) groups is 3. The minimum Gasteiger partial charge on any atom is -0.496 e. The molecule has 10 nitrogen and oxygen atoms in total. The zero-order chi connectivity index (χ0) is 28.9. The molecule has 0 bridgehead atoms. The average Bonchev–Trinajstić information content (AvgIpc) is 3.21. The van der Waals surface area contributed by atoms with E-state index in [4.69, 9.17) is 13.9 Å². The third-order valence-corrected chi connectivity index (χ3v) is 5.59. The molecule has 1 N–H and O–H groups in total. The molecule has 39 heavy (non-hydrogen) atoms. The molecule has 1 aliphatic heterocycles. The second-order valence-corrected chi connectivity index (χ2v) is 8.45. The lowest BCUT2D eigenvalue weighted by Gasteiger charge is -2.08. The standard InChI is InChI=1S/C16H15F3N3O4.C9H10FNO2/c1-8-7-25-13-12-10(4-9(5-20-12)16(17,18)19)26-14(13)15(24)22(8)6-11(23)21(2)3;1-13-9-4-2-3-8(10)7(9)5-11-6-12/h4-5H,6-7H2,1-3H3;2-4,6H,5H2,1H3,(H,11,12)/q+1;. The first kappa shape index (κ1) is 29.1. The number of alkyl halides is 3. The number of benzene rings is 1. The Balaban J connectivity index is 0.000000272. The van der Waals surface area contributed by atoms with Gasteiger partial charge in [0.25, 0.3) is 11.7 Å². The van der Waals surface area contributed by atoms with Crippen LogP contribution in [0.5, 0.6) is 11.5 Å². The highest BCUT2D eigenvalue weighted by molar-refractivity contribution is 6.01.